The number of aryl methyl sites for hydroxylation is 2. The number of carbonyl (C=O) groups is 1. The third-order valence-corrected chi connectivity index (χ3v) is 6.34. The number of nitrogens with one attached hydrogen (secondary N) is 1. The molecule has 1 aliphatic heterocycles. The minimum absolute atomic E-state index is 0.0194. The van der Waals surface area contributed by atoms with Crippen LogP contribution in [0.4, 0.5) is 0 Å². The highest BCUT2D eigenvalue weighted by Crippen LogP contribution is 2.18. The smallest absolute Gasteiger partial charge is 0.224 e. The lowest BCUT2D eigenvalue weighted by Gasteiger charge is -2.21. The second-order valence-electron chi connectivity index (χ2n) is 6.64. The molecular formula is C17H26N2O4S. The largest absolute Gasteiger partial charge is 0.379 e. The molecule has 6 nitrogen and oxygen atoms in total. The Hall–Kier alpha value is -1.44. The first-order valence-corrected chi connectivity index (χ1v) is 9.63. The van der Waals surface area contributed by atoms with Crippen molar-refractivity contribution in [3.05, 3.63) is 34.9 Å². The zero-order valence-electron chi connectivity index (χ0n) is 14.7. The van der Waals surface area contributed by atoms with E-state index in [0.717, 1.165) is 16.7 Å². The van der Waals surface area contributed by atoms with Gasteiger partial charge in [-0.25, -0.2) is 12.7 Å². The maximum absolute atomic E-state index is 12.4. The van der Waals surface area contributed by atoms with Crippen molar-refractivity contribution < 1.29 is 17.9 Å². The molecule has 24 heavy (non-hydrogen) atoms. The Balaban J connectivity index is 1.99. The Morgan fingerprint density at radius 1 is 1.29 bits per heavy atom. The summed E-state index contributed by atoms with van der Waals surface area (Å²) in [6.07, 6.45) is 0.289. The van der Waals surface area contributed by atoms with Crippen LogP contribution in [0.15, 0.2) is 18.2 Å². The maximum atomic E-state index is 12.4. The van der Waals surface area contributed by atoms with Gasteiger partial charge in [-0.05, 0) is 25.0 Å². The Morgan fingerprint density at radius 3 is 2.67 bits per heavy atom. The van der Waals surface area contributed by atoms with E-state index in [9.17, 15) is 13.2 Å². The Kier molecular flexibility index (Phi) is 6.01. The van der Waals surface area contributed by atoms with Gasteiger partial charge in [-0.15, -0.1) is 0 Å². The predicted molar refractivity (Wildman–Crippen MR) is 93.3 cm³/mol. The maximum Gasteiger partial charge on any atom is 0.224 e. The van der Waals surface area contributed by atoms with Gasteiger partial charge in [-0.2, -0.15) is 0 Å². The van der Waals surface area contributed by atoms with Gasteiger partial charge in [-0.1, -0.05) is 23.8 Å². The molecule has 0 bridgehead atoms. The highest BCUT2D eigenvalue weighted by atomic mass is 32.2. The molecule has 134 valence electrons. The second-order valence-corrected chi connectivity index (χ2v) is 8.87. The van der Waals surface area contributed by atoms with Crippen molar-refractivity contribution in [1.82, 2.24) is 9.62 Å². The Labute approximate surface area is 144 Å². The van der Waals surface area contributed by atoms with E-state index in [1.165, 1.54) is 18.4 Å². The van der Waals surface area contributed by atoms with E-state index >= 15 is 0 Å². The highest BCUT2D eigenvalue weighted by Gasteiger charge is 2.34. The van der Waals surface area contributed by atoms with Crippen LogP contribution in [0.2, 0.25) is 0 Å². The molecule has 1 amide bonds. The fourth-order valence-corrected chi connectivity index (χ4v) is 3.93. The lowest BCUT2D eigenvalue weighted by Crippen LogP contribution is -2.44. The summed E-state index contributed by atoms with van der Waals surface area (Å²) >= 11 is 0. The normalized spacial score (nSPS) is 21.2. The standard InChI is InChI=1S/C17H26N2O4S/c1-12-5-6-13(2)14(7-12)8-17(20)18-16-10-23-9-15(16)11-24(21,22)19(3)4/h5-7,15-16H,8-11H2,1-4H3,(H,18,20)/t15-,16-/m0/s1. The number of sulfonamides is 1. The lowest BCUT2D eigenvalue weighted by atomic mass is 10.0. The van der Waals surface area contributed by atoms with Gasteiger partial charge in [0, 0.05) is 20.0 Å². The van der Waals surface area contributed by atoms with Crippen molar-refractivity contribution >= 4 is 15.9 Å². The summed E-state index contributed by atoms with van der Waals surface area (Å²) in [6.45, 7) is 4.68. The monoisotopic (exact) mass is 354 g/mol. The topological polar surface area (TPSA) is 75.7 Å². The van der Waals surface area contributed by atoms with Crippen LogP contribution in [-0.2, 0) is 26.0 Å². The molecule has 1 aromatic rings. The molecule has 1 heterocycles. The summed E-state index contributed by atoms with van der Waals surface area (Å²) in [6, 6.07) is 5.76. The predicted octanol–water partition coefficient (Wildman–Crippen LogP) is 0.869. The van der Waals surface area contributed by atoms with Gasteiger partial charge >= 0.3 is 0 Å². The molecule has 2 rings (SSSR count). The molecule has 0 radical (unpaired) electrons. The fourth-order valence-electron chi connectivity index (χ4n) is 2.76. The molecule has 1 fully saturated rings. The number of rotatable bonds is 6. The molecule has 0 aliphatic carbocycles. The van der Waals surface area contributed by atoms with Crippen LogP contribution < -0.4 is 5.32 Å². The minimum atomic E-state index is -3.32. The summed E-state index contributed by atoms with van der Waals surface area (Å²) < 4.78 is 30.7. The summed E-state index contributed by atoms with van der Waals surface area (Å²) in [4.78, 5) is 12.4. The van der Waals surface area contributed by atoms with Crippen LogP contribution in [0.3, 0.4) is 0 Å². The van der Waals surface area contributed by atoms with Crippen LogP contribution in [0.25, 0.3) is 0 Å². The van der Waals surface area contributed by atoms with Crippen molar-refractivity contribution in [3.63, 3.8) is 0 Å². The summed E-state index contributed by atoms with van der Waals surface area (Å²) in [5.41, 5.74) is 3.18. The quantitative estimate of drug-likeness (QED) is 0.822. The van der Waals surface area contributed by atoms with Gasteiger partial charge in [0.1, 0.15) is 0 Å². The average molecular weight is 354 g/mol. The van der Waals surface area contributed by atoms with Crippen LogP contribution in [0.1, 0.15) is 16.7 Å². The van der Waals surface area contributed by atoms with Crippen molar-refractivity contribution in [2.45, 2.75) is 26.3 Å². The molecule has 0 unspecified atom stereocenters. The fraction of sp³-hybridized carbons (Fsp3) is 0.588. The van der Waals surface area contributed by atoms with E-state index in [-0.39, 0.29) is 30.0 Å². The van der Waals surface area contributed by atoms with Gasteiger partial charge in [0.2, 0.25) is 15.9 Å². The third kappa shape index (κ3) is 4.78. The van der Waals surface area contributed by atoms with E-state index < -0.39 is 10.0 Å². The number of amides is 1. The first-order valence-electron chi connectivity index (χ1n) is 8.02. The third-order valence-electron chi connectivity index (χ3n) is 4.38. The first-order chi connectivity index (χ1) is 11.2. The SMILES string of the molecule is Cc1ccc(C)c(CC(=O)N[C@H]2COC[C@H]2CS(=O)(=O)N(C)C)c1. The number of ether oxygens (including phenoxy) is 1. The van der Waals surface area contributed by atoms with E-state index in [2.05, 4.69) is 5.32 Å². The van der Waals surface area contributed by atoms with Gasteiger partial charge < -0.3 is 10.1 Å². The Morgan fingerprint density at radius 2 is 2.00 bits per heavy atom. The number of benzene rings is 1. The Bertz CT molecular complexity index is 701. The molecule has 7 heteroatoms. The molecule has 1 aromatic carbocycles. The van der Waals surface area contributed by atoms with Crippen molar-refractivity contribution in [2.24, 2.45) is 5.92 Å². The molecule has 0 spiro atoms. The van der Waals surface area contributed by atoms with Crippen molar-refractivity contribution in [2.75, 3.05) is 33.1 Å². The van der Waals surface area contributed by atoms with Gasteiger partial charge in [0.05, 0.1) is 31.4 Å². The number of hydrogen-bond acceptors (Lipinski definition) is 4. The number of nitrogens with zero attached hydrogens (tertiary/aromatic N) is 1. The zero-order valence-corrected chi connectivity index (χ0v) is 15.5. The minimum Gasteiger partial charge on any atom is -0.379 e. The summed E-state index contributed by atoms with van der Waals surface area (Å²) in [7, 11) is -0.293. The van der Waals surface area contributed by atoms with E-state index in [0.29, 0.717) is 13.2 Å². The van der Waals surface area contributed by atoms with Crippen LogP contribution >= 0.6 is 0 Å². The lowest BCUT2D eigenvalue weighted by molar-refractivity contribution is -0.121. The summed E-state index contributed by atoms with van der Waals surface area (Å²) in [5, 5.41) is 2.94. The van der Waals surface area contributed by atoms with E-state index in [4.69, 9.17) is 4.74 Å². The molecule has 1 N–H and O–H groups in total. The van der Waals surface area contributed by atoms with Crippen LogP contribution in [0.5, 0.6) is 0 Å². The van der Waals surface area contributed by atoms with Gasteiger partial charge in [0.25, 0.3) is 0 Å². The molecule has 0 saturated carbocycles. The first kappa shape index (κ1) is 18.9. The molecule has 1 saturated heterocycles. The second kappa shape index (κ2) is 7.63. The molecule has 2 atom stereocenters. The number of carbonyl (C=O) groups excluding carboxylic acids is 1. The van der Waals surface area contributed by atoms with E-state index in [1.54, 1.807) is 0 Å². The van der Waals surface area contributed by atoms with E-state index in [1.807, 2.05) is 32.0 Å². The molecule has 0 aromatic heterocycles. The summed E-state index contributed by atoms with van der Waals surface area (Å²) in [5.74, 6) is -0.347. The highest BCUT2D eigenvalue weighted by molar-refractivity contribution is 7.89. The van der Waals surface area contributed by atoms with Crippen molar-refractivity contribution in [3.8, 4) is 0 Å². The zero-order chi connectivity index (χ0) is 17.9. The van der Waals surface area contributed by atoms with Gasteiger partial charge in [0.15, 0.2) is 0 Å². The molecular weight excluding hydrogens is 328 g/mol. The van der Waals surface area contributed by atoms with Crippen LogP contribution in [0, 0.1) is 19.8 Å². The number of hydrogen-bond donors (Lipinski definition) is 1. The van der Waals surface area contributed by atoms with Crippen molar-refractivity contribution in [1.29, 1.82) is 0 Å². The average Bonchev–Trinajstić information content (AvgIpc) is 2.89. The van der Waals surface area contributed by atoms with Crippen LogP contribution in [-0.4, -0.2) is 57.7 Å². The van der Waals surface area contributed by atoms with Gasteiger partial charge in [-0.3, -0.25) is 4.79 Å². The molecule has 1 aliphatic rings.